The van der Waals surface area contributed by atoms with Gasteiger partial charge in [-0.15, -0.1) is 0 Å². The molecular formula is C12H8N2O3. The lowest BCUT2D eigenvalue weighted by Gasteiger charge is -2.11. The van der Waals surface area contributed by atoms with E-state index in [0.29, 0.717) is 10.5 Å². The molecule has 0 aromatic heterocycles. The molecule has 1 fully saturated rings. The lowest BCUT2D eigenvalue weighted by molar-refractivity contribution is -0.134. The molecule has 2 rings (SSSR count). The number of imide groups is 3. The molecule has 0 atom stereocenters. The second-order valence-electron chi connectivity index (χ2n) is 3.62. The Morgan fingerprint density at radius 2 is 1.65 bits per heavy atom. The van der Waals surface area contributed by atoms with E-state index in [1.165, 1.54) is 24.3 Å². The molecule has 84 valence electrons. The molecule has 5 heteroatoms. The van der Waals surface area contributed by atoms with E-state index in [1.807, 2.05) is 6.07 Å². The van der Waals surface area contributed by atoms with Gasteiger partial charge in [0, 0.05) is 18.4 Å². The molecule has 1 aromatic rings. The molecule has 1 saturated heterocycles. The van der Waals surface area contributed by atoms with Gasteiger partial charge in [-0.2, -0.15) is 5.26 Å². The SMILES string of the molecule is N#Cc1ccc(C(=O)N2C(=O)CCC2=O)cc1. The van der Waals surface area contributed by atoms with Crippen molar-refractivity contribution in [2.45, 2.75) is 12.8 Å². The average molecular weight is 228 g/mol. The van der Waals surface area contributed by atoms with Gasteiger partial charge in [0.2, 0.25) is 11.8 Å². The molecule has 1 aliphatic rings. The summed E-state index contributed by atoms with van der Waals surface area (Å²) in [6.07, 6.45) is 0.168. The summed E-state index contributed by atoms with van der Waals surface area (Å²) in [6.45, 7) is 0. The Balaban J connectivity index is 2.28. The van der Waals surface area contributed by atoms with Crippen molar-refractivity contribution in [3.8, 4) is 6.07 Å². The van der Waals surface area contributed by atoms with E-state index in [-0.39, 0.29) is 18.4 Å². The van der Waals surface area contributed by atoms with Crippen molar-refractivity contribution in [1.29, 1.82) is 5.26 Å². The van der Waals surface area contributed by atoms with E-state index in [1.54, 1.807) is 0 Å². The highest BCUT2D eigenvalue weighted by Crippen LogP contribution is 2.16. The number of hydrogen-bond acceptors (Lipinski definition) is 4. The first-order chi connectivity index (χ1) is 8.13. The van der Waals surface area contributed by atoms with Crippen LogP contribution in [0.3, 0.4) is 0 Å². The van der Waals surface area contributed by atoms with Crippen LogP contribution >= 0.6 is 0 Å². The number of likely N-dealkylation sites (tertiary alicyclic amines) is 1. The molecule has 3 amide bonds. The minimum absolute atomic E-state index is 0.0842. The third-order valence-electron chi connectivity index (χ3n) is 2.52. The number of amides is 3. The first kappa shape index (κ1) is 11.0. The molecule has 0 N–H and O–H groups in total. The van der Waals surface area contributed by atoms with Crippen LogP contribution in [0.25, 0.3) is 0 Å². The Hall–Kier alpha value is -2.48. The molecule has 1 heterocycles. The summed E-state index contributed by atoms with van der Waals surface area (Å²) < 4.78 is 0. The van der Waals surface area contributed by atoms with Gasteiger partial charge < -0.3 is 0 Å². The van der Waals surface area contributed by atoms with Gasteiger partial charge in [-0.25, -0.2) is 4.90 Å². The van der Waals surface area contributed by atoms with E-state index >= 15 is 0 Å². The first-order valence-electron chi connectivity index (χ1n) is 5.04. The third-order valence-corrected chi connectivity index (χ3v) is 2.52. The first-order valence-corrected chi connectivity index (χ1v) is 5.04. The van der Waals surface area contributed by atoms with E-state index in [9.17, 15) is 14.4 Å². The highest BCUT2D eigenvalue weighted by atomic mass is 16.2. The van der Waals surface area contributed by atoms with Crippen molar-refractivity contribution in [2.24, 2.45) is 0 Å². The molecule has 1 aromatic carbocycles. The van der Waals surface area contributed by atoms with Crippen LogP contribution in [0.4, 0.5) is 0 Å². The molecule has 1 aliphatic heterocycles. The molecule has 0 saturated carbocycles. The van der Waals surface area contributed by atoms with Gasteiger partial charge in [0.1, 0.15) is 0 Å². The standard InChI is InChI=1S/C12H8N2O3/c13-7-8-1-3-9(4-2-8)12(17)14-10(15)5-6-11(14)16/h1-4H,5-6H2. The normalized spacial score (nSPS) is 14.9. The number of rotatable bonds is 1. The second kappa shape index (κ2) is 4.18. The number of nitriles is 1. The summed E-state index contributed by atoms with van der Waals surface area (Å²) in [5.74, 6) is -1.56. The van der Waals surface area contributed by atoms with Crippen molar-refractivity contribution >= 4 is 17.7 Å². The highest BCUT2D eigenvalue weighted by Gasteiger charge is 2.34. The average Bonchev–Trinajstić information content (AvgIpc) is 2.68. The Kier molecular flexibility index (Phi) is 2.71. The molecule has 0 aliphatic carbocycles. The fourth-order valence-corrected chi connectivity index (χ4v) is 1.62. The third kappa shape index (κ3) is 1.93. The van der Waals surface area contributed by atoms with Gasteiger partial charge in [-0.05, 0) is 24.3 Å². The van der Waals surface area contributed by atoms with Crippen LogP contribution in [0.15, 0.2) is 24.3 Å². The molecule has 0 radical (unpaired) electrons. The summed E-state index contributed by atoms with van der Waals surface area (Å²) in [6, 6.07) is 7.72. The maximum atomic E-state index is 11.9. The zero-order valence-electron chi connectivity index (χ0n) is 8.84. The van der Waals surface area contributed by atoms with Crippen LogP contribution < -0.4 is 0 Å². The number of carbonyl (C=O) groups is 3. The highest BCUT2D eigenvalue weighted by molar-refractivity contribution is 6.19. The van der Waals surface area contributed by atoms with Crippen molar-refractivity contribution in [1.82, 2.24) is 4.90 Å². The van der Waals surface area contributed by atoms with Gasteiger partial charge in [0.15, 0.2) is 0 Å². The molecule has 17 heavy (non-hydrogen) atoms. The van der Waals surface area contributed by atoms with Crippen LogP contribution in [0.2, 0.25) is 0 Å². The molecule has 0 spiro atoms. The molecule has 0 unspecified atom stereocenters. The Morgan fingerprint density at radius 1 is 1.12 bits per heavy atom. The maximum Gasteiger partial charge on any atom is 0.267 e. The van der Waals surface area contributed by atoms with Crippen LogP contribution in [0.5, 0.6) is 0 Å². The molecule has 5 nitrogen and oxygen atoms in total. The predicted molar refractivity (Wildman–Crippen MR) is 56.6 cm³/mol. The lowest BCUT2D eigenvalue weighted by Crippen LogP contribution is -2.35. The Bertz CT molecular complexity index is 524. The monoisotopic (exact) mass is 228 g/mol. The van der Waals surface area contributed by atoms with Gasteiger partial charge in [-0.3, -0.25) is 14.4 Å². The Morgan fingerprint density at radius 3 is 2.12 bits per heavy atom. The largest absolute Gasteiger partial charge is 0.274 e. The predicted octanol–water partition coefficient (Wildman–Crippen LogP) is 0.847. The van der Waals surface area contributed by atoms with E-state index < -0.39 is 17.7 Å². The van der Waals surface area contributed by atoms with Crippen LogP contribution in [0.1, 0.15) is 28.8 Å². The summed E-state index contributed by atoms with van der Waals surface area (Å²) in [7, 11) is 0. The molecule has 0 bridgehead atoms. The van der Waals surface area contributed by atoms with Gasteiger partial charge in [-0.1, -0.05) is 0 Å². The van der Waals surface area contributed by atoms with Crippen molar-refractivity contribution in [3.05, 3.63) is 35.4 Å². The number of carbonyl (C=O) groups excluding carboxylic acids is 3. The van der Waals surface area contributed by atoms with Gasteiger partial charge in [0.25, 0.3) is 5.91 Å². The zero-order chi connectivity index (χ0) is 12.4. The van der Waals surface area contributed by atoms with E-state index in [0.717, 1.165) is 0 Å². The smallest absolute Gasteiger partial charge is 0.267 e. The van der Waals surface area contributed by atoms with Crippen LogP contribution in [0, 0.1) is 11.3 Å². The zero-order valence-corrected chi connectivity index (χ0v) is 8.84. The van der Waals surface area contributed by atoms with Crippen molar-refractivity contribution < 1.29 is 14.4 Å². The van der Waals surface area contributed by atoms with Crippen LogP contribution in [-0.2, 0) is 9.59 Å². The van der Waals surface area contributed by atoms with Crippen molar-refractivity contribution in [2.75, 3.05) is 0 Å². The van der Waals surface area contributed by atoms with E-state index in [2.05, 4.69) is 0 Å². The fraction of sp³-hybridized carbons (Fsp3) is 0.167. The topological polar surface area (TPSA) is 78.2 Å². The second-order valence-corrected chi connectivity index (χ2v) is 3.62. The summed E-state index contributed by atoms with van der Waals surface area (Å²) in [5.41, 5.74) is 0.647. The van der Waals surface area contributed by atoms with Gasteiger partial charge in [0.05, 0.1) is 11.6 Å². The van der Waals surface area contributed by atoms with E-state index in [4.69, 9.17) is 5.26 Å². The lowest BCUT2D eigenvalue weighted by atomic mass is 10.1. The summed E-state index contributed by atoms with van der Waals surface area (Å²) in [4.78, 5) is 35.2. The van der Waals surface area contributed by atoms with Gasteiger partial charge >= 0.3 is 0 Å². The van der Waals surface area contributed by atoms with Crippen LogP contribution in [-0.4, -0.2) is 22.6 Å². The maximum absolute atomic E-state index is 11.9. The Labute approximate surface area is 97.3 Å². The fourth-order valence-electron chi connectivity index (χ4n) is 1.62. The number of nitrogens with zero attached hydrogens (tertiary/aromatic N) is 2. The minimum Gasteiger partial charge on any atom is -0.274 e. The number of hydrogen-bond donors (Lipinski definition) is 0. The van der Waals surface area contributed by atoms with Crippen molar-refractivity contribution in [3.63, 3.8) is 0 Å². The molecular weight excluding hydrogens is 220 g/mol. The quantitative estimate of drug-likeness (QED) is 0.667. The minimum atomic E-state index is -0.623. The summed E-state index contributed by atoms with van der Waals surface area (Å²) in [5, 5.41) is 8.61. The summed E-state index contributed by atoms with van der Waals surface area (Å²) >= 11 is 0. The number of benzene rings is 1.